The number of nitrogens with zero attached hydrogens (tertiary/aromatic N) is 4. The van der Waals surface area contributed by atoms with Crippen LogP contribution in [-0.2, 0) is 0 Å². The Balaban J connectivity index is 1.24. The molecule has 3 heterocycles. The molecule has 1 saturated heterocycles. The third-order valence-electron chi connectivity index (χ3n) is 7.17. The molecule has 6 rings (SSSR count). The van der Waals surface area contributed by atoms with E-state index >= 15 is 0 Å². The number of likely N-dealkylation sites (tertiary alicyclic amines) is 1. The summed E-state index contributed by atoms with van der Waals surface area (Å²) >= 11 is 0. The van der Waals surface area contributed by atoms with Crippen LogP contribution in [0.15, 0.2) is 73.2 Å². The number of fused-ring (bicyclic) bond motifs is 1. The summed E-state index contributed by atoms with van der Waals surface area (Å²) in [5, 5.41) is 4.19. The lowest BCUT2D eigenvalue weighted by Crippen LogP contribution is -2.40. The second kappa shape index (κ2) is 7.62. The van der Waals surface area contributed by atoms with E-state index < -0.39 is 0 Å². The number of likely N-dealkylation sites (N-methyl/N-ethyl adjacent to an activating group) is 1. The van der Waals surface area contributed by atoms with Crippen LogP contribution in [0.2, 0.25) is 0 Å². The van der Waals surface area contributed by atoms with Crippen LogP contribution in [0.4, 0.5) is 16.3 Å². The first-order valence-corrected chi connectivity index (χ1v) is 11.4. The van der Waals surface area contributed by atoms with Gasteiger partial charge in [-0.25, -0.2) is 14.8 Å². The number of aromatic amines is 1. The molecule has 166 valence electrons. The van der Waals surface area contributed by atoms with Crippen molar-refractivity contribution in [3.05, 3.63) is 73.2 Å². The minimum Gasteiger partial charge on any atom is -0.354 e. The molecule has 2 aliphatic rings. The van der Waals surface area contributed by atoms with Crippen LogP contribution in [0.1, 0.15) is 12.8 Å². The van der Waals surface area contributed by atoms with Crippen LogP contribution in [0.3, 0.4) is 0 Å². The number of amides is 2. The summed E-state index contributed by atoms with van der Waals surface area (Å²) in [5.74, 6) is 0.911. The van der Waals surface area contributed by atoms with Crippen LogP contribution in [-0.4, -0.2) is 52.1 Å². The van der Waals surface area contributed by atoms with Gasteiger partial charge < -0.3 is 20.1 Å². The van der Waals surface area contributed by atoms with Gasteiger partial charge in [-0.05, 0) is 30.5 Å². The lowest BCUT2D eigenvalue weighted by molar-refractivity contribution is 0.220. The van der Waals surface area contributed by atoms with Crippen molar-refractivity contribution in [2.75, 3.05) is 30.4 Å². The van der Waals surface area contributed by atoms with Crippen LogP contribution in [0.5, 0.6) is 0 Å². The zero-order valence-corrected chi connectivity index (χ0v) is 18.5. The van der Waals surface area contributed by atoms with Crippen molar-refractivity contribution >= 4 is 28.6 Å². The van der Waals surface area contributed by atoms with E-state index in [0.717, 1.165) is 53.1 Å². The van der Waals surface area contributed by atoms with Crippen molar-refractivity contribution in [2.24, 2.45) is 5.41 Å². The molecule has 4 aromatic rings. The molecule has 1 saturated carbocycles. The minimum absolute atomic E-state index is 0.0463. The fourth-order valence-electron chi connectivity index (χ4n) is 5.24. The summed E-state index contributed by atoms with van der Waals surface area (Å²) in [7, 11) is 2.09. The molecular formula is C26H26N6O. The molecule has 0 bridgehead atoms. The second-order valence-electron chi connectivity index (χ2n) is 9.15. The number of para-hydroxylation sites is 1. The number of aromatic nitrogens is 3. The van der Waals surface area contributed by atoms with E-state index in [1.54, 1.807) is 6.33 Å². The number of carbonyl (C=O) groups excluding carboxylic acids is 1. The summed E-state index contributed by atoms with van der Waals surface area (Å²) in [4.78, 5) is 29.6. The maximum Gasteiger partial charge on any atom is 0.321 e. The number of hydrogen-bond acceptors (Lipinski definition) is 4. The summed E-state index contributed by atoms with van der Waals surface area (Å²) in [6.07, 6.45) is 5.76. The van der Waals surface area contributed by atoms with Gasteiger partial charge in [-0.15, -0.1) is 0 Å². The number of urea groups is 1. The molecule has 7 nitrogen and oxygen atoms in total. The predicted molar refractivity (Wildman–Crippen MR) is 130 cm³/mol. The predicted octanol–water partition coefficient (Wildman–Crippen LogP) is 4.76. The second-order valence-corrected chi connectivity index (χ2v) is 9.15. The quantitative estimate of drug-likeness (QED) is 0.482. The van der Waals surface area contributed by atoms with E-state index in [1.807, 2.05) is 59.6 Å². The Bertz CT molecular complexity index is 1310. The van der Waals surface area contributed by atoms with Crippen LogP contribution < -0.4 is 10.2 Å². The van der Waals surface area contributed by atoms with Gasteiger partial charge in [0.1, 0.15) is 17.8 Å². The van der Waals surface area contributed by atoms with Gasteiger partial charge in [0, 0.05) is 37.3 Å². The van der Waals surface area contributed by atoms with Gasteiger partial charge in [-0.3, -0.25) is 0 Å². The van der Waals surface area contributed by atoms with Gasteiger partial charge in [-0.2, -0.15) is 0 Å². The molecule has 2 fully saturated rings. The Kier molecular flexibility index (Phi) is 4.57. The number of anilines is 2. The van der Waals surface area contributed by atoms with Gasteiger partial charge in [-0.1, -0.05) is 48.5 Å². The number of rotatable bonds is 4. The highest BCUT2D eigenvalue weighted by molar-refractivity contribution is 5.95. The molecule has 2 N–H and O–H groups in total. The molecular weight excluding hydrogens is 412 g/mol. The molecule has 1 aliphatic heterocycles. The molecule has 1 atom stereocenters. The van der Waals surface area contributed by atoms with Gasteiger partial charge >= 0.3 is 6.03 Å². The number of H-pyrrole nitrogens is 1. The first-order chi connectivity index (χ1) is 16.1. The Morgan fingerprint density at radius 3 is 2.70 bits per heavy atom. The lowest BCUT2D eigenvalue weighted by Gasteiger charge is -2.30. The Morgan fingerprint density at radius 1 is 1.09 bits per heavy atom. The van der Waals surface area contributed by atoms with Crippen LogP contribution in [0.25, 0.3) is 22.2 Å². The van der Waals surface area contributed by atoms with Crippen LogP contribution in [0, 0.1) is 5.41 Å². The SMILES string of the molecule is CN(c1ncnc2[nH]ccc12)C1CN(C(=O)Nc2ccccc2-c2ccccc2)CC12CC2. The zero-order valence-electron chi connectivity index (χ0n) is 18.5. The number of nitrogens with one attached hydrogen (secondary N) is 2. The van der Waals surface area contributed by atoms with E-state index in [-0.39, 0.29) is 17.5 Å². The number of carbonyl (C=O) groups is 1. The van der Waals surface area contributed by atoms with E-state index in [4.69, 9.17) is 0 Å². The largest absolute Gasteiger partial charge is 0.354 e. The van der Waals surface area contributed by atoms with E-state index in [0.29, 0.717) is 6.54 Å². The van der Waals surface area contributed by atoms with Crippen molar-refractivity contribution in [2.45, 2.75) is 18.9 Å². The molecule has 2 aromatic carbocycles. The Morgan fingerprint density at radius 2 is 1.88 bits per heavy atom. The van der Waals surface area contributed by atoms with E-state index in [9.17, 15) is 4.79 Å². The summed E-state index contributed by atoms with van der Waals surface area (Å²) < 4.78 is 0. The average molecular weight is 439 g/mol. The number of hydrogen-bond donors (Lipinski definition) is 2. The molecule has 1 spiro atoms. The topological polar surface area (TPSA) is 77.2 Å². The highest BCUT2D eigenvalue weighted by Gasteiger charge is 2.57. The van der Waals surface area contributed by atoms with Gasteiger partial charge in [0.15, 0.2) is 0 Å². The monoisotopic (exact) mass is 438 g/mol. The smallest absolute Gasteiger partial charge is 0.321 e. The first-order valence-electron chi connectivity index (χ1n) is 11.4. The molecule has 1 unspecified atom stereocenters. The molecule has 7 heteroatoms. The van der Waals surface area contributed by atoms with Gasteiger partial charge in [0.05, 0.1) is 17.1 Å². The zero-order chi connectivity index (χ0) is 22.4. The summed E-state index contributed by atoms with van der Waals surface area (Å²) in [6, 6.07) is 20.3. The summed E-state index contributed by atoms with van der Waals surface area (Å²) in [5.41, 5.74) is 3.92. The van der Waals surface area contributed by atoms with Gasteiger partial charge in [0.25, 0.3) is 0 Å². The molecule has 2 aromatic heterocycles. The minimum atomic E-state index is -0.0463. The fraction of sp³-hybridized carbons (Fsp3) is 0.269. The maximum atomic E-state index is 13.4. The first kappa shape index (κ1) is 19.8. The van der Waals surface area contributed by atoms with Crippen molar-refractivity contribution < 1.29 is 4.79 Å². The third kappa shape index (κ3) is 3.40. The highest BCUT2D eigenvalue weighted by Crippen LogP contribution is 2.55. The van der Waals surface area contributed by atoms with Gasteiger partial charge in [0.2, 0.25) is 0 Å². The van der Waals surface area contributed by atoms with Crippen molar-refractivity contribution in [1.82, 2.24) is 19.9 Å². The normalized spacial score (nSPS) is 18.6. The standard InChI is InChI=1S/C26H26N6O/c1-31(24-20-11-14-27-23(20)28-17-29-24)22-15-32(16-26(22)12-13-26)25(33)30-21-10-6-5-9-19(21)18-7-3-2-4-8-18/h2-11,14,17,22H,12-13,15-16H2,1H3,(H,30,33)(H,27,28,29). The molecule has 0 radical (unpaired) electrons. The Labute approximate surface area is 192 Å². The van der Waals surface area contributed by atoms with E-state index in [2.05, 4.69) is 44.3 Å². The van der Waals surface area contributed by atoms with Crippen molar-refractivity contribution in [3.8, 4) is 11.1 Å². The Hall–Kier alpha value is -3.87. The third-order valence-corrected chi connectivity index (χ3v) is 7.17. The van der Waals surface area contributed by atoms with Crippen molar-refractivity contribution in [1.29, 1.82) is 0 Å². The molecule has 33 heavy (non-hydrogen) atoms. The molecule has 1 aliphatic carbocycles. The fourth-order valence-corrected chi connectivity index (χ4v) is 5.24. The van der Waals surface area contributed by atoms with Crippen molar-refractivity contribution in [3.63, 3.8) is 0 Å². The van der Waals surface area contributed by atoms with E-state index in [1.165, 1.54) is 0 Å². The lowest BCUT2D eigenvalue weighted by atomic mass is 9.99. The maximum absolute atomic E-state index is 13.4. The summed E-state index contributed by atoms with van der Waals surface area (Å²) in [6.45, 7) is 1.44. The number of benzene rings is 2. The molecule has 2 amide bonds. The van der Waals surface area contributed by atoms with Crippen LogP contribution >= 0.6 is 0 Å². The average Bonchev–Trinajstić information content (AvgIpc) is 3.28. The highest BCUT2D eigenvalue weighted by atomic mass is 16.2.